The minimum absolute atomic E-state index is 0.466. The van der Waals surface area contributed by atoms with E-state index in [1.54, 1.807) is 0 Å². The van der Waals surface area contributed by atoms with Gasteiger partial charge >= 0.3 is 0 Å². The van der Waals surface area contributed by atoms with Gasteiger partial charge in [0.25, 0.3) is 0 Å². The molecule has 0 saturated heterocycles. The van der Waals surface area contributed by atoms with Crippen LogP contribution in [0.25, 0.3) is 21.9 Å². The molecule has 0 radical (unpaired) electrons. The highest BCUT2D eigenvalue weighted by Gasteiger charge is 2.08. The van der Waals surface area contributed by atoms with Crippen molar-refractivity contribution in [3.8, 4) is 11.1 Å². The summed E-state index contributed by atoms with van der Waals surface area (Å²) in [5.74, 6) is 0. The number of rotatable bonds is 2. The van der Waals surface area contributed by atoms with E-state index in [1.807, 2.05) is 6.20 Å². The van der Waals surface area contributed by atoms with Crippen molar-refractivity contribution in [1.29, 1.82) is 0 Å². The van der Waals surface area contributed by atoms with Gasteiger partial charge < -0.3 is 5.73 Å². The SMILES string of the molecule is Cc1cccc(-c2cnc(CN)c3ccc(C)cc23)c1. The number of aryl methyl sites for hydroxylation is 2. The van der Waals surface area contributed by atoms with E-state index in [1.165, 1.54) is 27.6 Å². The Hall–Kier alpha value is -2.19. The molecule has 0 saturated carbocycles. The molecule has 0 aliphatic heterocycles. The highest BCUT2D eigenvalue weighted by atomic mass is 14.7. The van der Waals surface area contributed by atoms with Crippen LogP contribution in [0.2, 0.25) is 0 Å². The molecule has 0 aliphatic rings. The molecule has 2 aromatic carbocycles. The van der Waals surface area contributed by atoms with Gasteiger partial charge in [0.15, 0.2) is 0 Å². The fourth-order valence-electron chi connectivity index (χ4n) is 2.62. The van der Waals surface area contributed by atoms with E-state index >= 15 is 0 Å². The van der Waals surface area contributed by atoms with Gasteiger partial charge in [0.1, 0.15) is 0 Å². The summed E-state index contributed by atoms with van der Waals surface area (Å²) in [6, 6.07) is 15.0. The smallest absolute Gasteiger partial charge is 0.0618 e. The molecule has 2 heteroatoms. The number of nitrogens with zero attached hydrogens (tertiary/aromatic N) is 1. The molecule has 0 fully saturated rings. The van der Waals surface area contributed by atoms with Crippen molar-refractivity contribution in [2.24, 2.45) is 5.73 Å². The predicted octanol–water partition coefficient (Wildman–Crippen LogP) is 3.98. The van der Waals surface area contributed by atoms with E-state index in [9.17, 15) is 0 Å². The Morgan fingerprint density at radius 3 is 2.50 bits per heavy atom. The fraction of sp³-hybridized carbons (Fsp3) is 0.167. The van der Waals surface area contributed by atoms with E-state index in [0.29, 0.717) is 6.54 Å². The molecular formula is C18H18N2. The Labute approximate surface area is 119 Å². The lowest BCUT2D eigenvalue weighted by Crippen LogP contribution is -2.01. The standard InChI is InChI=1S/C18H18N2/c1-12-4-3-5-14(8-12)17-11-20-18(10-19)15-7-6-13(2)9-16(15)17/h3-9,11H,10,19H2,1-2H3. The average Bonchev–Trinajstić information content (AvgIpc) is 2.45. The fourth-order valence-corrected chi connectivity index (χ4v) is 2.62. The topological polar surface area (TPSA) is 38.9 Å². The molecule has 0 unspecified atom stereocenters. The van der Waals surface area contributed by atoms with Gasteiger partial charge in [0.05, 0.1) is 5.69 Å². The summed E-state index contributed by atoms with van der Waals surface area (Å²) in [6.07, 6.45) is 1.94. The lowest BCUT2D eigenvalue weighted by Gasteiger charge is -2.11. The summed E-state index contributed by atoms with van der Waals surface area (Å²) in [5, 5.41) is 2.38. The second-order valence-corrected chi connectivity index (χ2v) is 5.24. The molecule has 0 amide bonds. The molecular weight excluding hydrogens is 244 g/mol. The van der Waals surface area contributed by atoms with Gasteiger partial charge in [-0.3, -0.25) is 4.98 Å². The number of nitrogens with two attached hydrogens (primary N) is 1. The summed E-state index contributed by atoms with van der Waals surface area (Å²) >= 11 is 0. The first-order valence-electron chi connectivity index (χ1n) is 6.84. The summed E-state index contributed by atoms with van der Waals surface area (Å²) in [6.45, 7) is 4.69. The maximum Gasteiger partial charge on any atom is 0.0618 e. The van der Waals surface area contributed by atoms with Gasteiger partial charge in [-0.1, -0.05) is 53.6 Å². The van der Waals surface area contributed by atoms with Gasteiger partial charge in [0.2, 0.25) is 0 Å². The Morgan fingerprint density at radius 2 is 1.75 bits per heavy atom. The molecule has 3 rings (SSSR count). The first-order chi connectivity index (χ1) is 9.69. The number of pyridine rings is 1. The van der Waals surface area contributed by atoms with Crippen LogP contribution in [0.1, 0.15) is 16.8 Å². The predicted molar refractivity (Wildman–Crippen MR) is 84.5 cm³/mol. The Bertz CT molecular complexity index is 775. The van der Waals surface area contributed by atoms with E-state index in [0.717, 1.165) is 11.1 Å². The number of benzene rings is 2. The molecule has 0 aliphatic carbocycles. The van der Waals surface area contributed by atoms with Crippen molar-refractivity contribution in [2.75, 3.05) is 0 Å². The zero-order chi connectivity index (χ0) is 14.1. The normalized spacial score (nSPS) is 10.9. The molecule has 100 valence electrons. The molecule has 3 aromatic rings. The Kier molecular flexibility index (Phi) is 3.25. The van der Waals surface area contributed by atoms with Crippen molar-refractivity contribution in [2.45, 2.75) is 20.4 Å². The minimum Gasteiger partial charge on any atom is -0.325 e. The summed E-state index contributed by atoms with van der Waals surface area (Å²) in [5.41, 5.74) is 11.6. The molecule has 2 nitrogen and oxygen atoms in total. The number of hydrogen-bond donors (Lipinski definition) is 1. The minimum atomic E-state index is 0.466. The van der Waals surface area contributed by atoms with Gasteiger partial charge in [-0.25, -0.2) is 0 Å². The second kappa shape index (κ2) is 5.06. The van der Waals surface area contributed by atoms with Crippen LogP contribution in [0.15, 0.2) is 48.7 Å². The van der Waals surface area contributed by atoms with Gasteiger partial charge in [-0.15, -0.1) is 0 Å². The molecule has 20 heavy (non-hydrogen) atoms. The Balaban J connectivity index is 2.34. The number of fused-ring (bicyclic) bond motifs is 1. The molecule has 1 heterocycles. The van der Waals surface area contributed by atoms with Crippen molar-refractivity contribution in [1.82, 2.24) is 4.98 Å². The monoisotopic (exact) mass is 262 g/mol. The third-order valence-electron chi connectivity index (χ3n) is 3.65. The maximum absolute atomic E-state index is 5.80. The summed E-state index contributed by atoms with van der Waals surface area (Å²) in [7, 11) is 0. The molecule has 1 aromatic heterocycles. The van der Waals surface area contributed by atoms with Crippen molar-refractivity contribution in [3.63, 3.8) is 0 Å². The van der Waals surface area contributed by atoms with Crippen molar-refractivity contribution < 1.29 is 0 Å². The van der Waals surface area contributed by atoms with Crippen molar-refractivity contribution >= 4 is 10.8 Å². The highest BCUT2D eigenvalue weighted by molar-refractivity contribution is 5.97. The lowest BCUT2D eigenvalue weighted by atomic mass is 9.97. The molecule has 0 bridgehead atoms. The number of aromatic nitrogens is 1. The van der Waals surface area contributed by atoms with Crippen LogP contribution in [0, 0.1) is 13.8 Å². The van der Waals surface area contributed by atoms with Crippen LogP contribution in [-0.4, -0.2) is 4.98 Å². The highest BCUT2D eigenvalue weighted by Crippen LogP contribution is 2.30. The van der Waals surface area contributed by atoms with E-state index in [2.05, 4.69) is 61.3 Å². The van der Waals surface area contributed by atoms with Crippen LogP contribution >= 0.6 is 0 Å². The van der Waals surface area contributed by atoms with E-state index in [-0.39, 0.29) is 0 Å². The largest absolute Gasteiger partial charge is 0.325 e. The first kappa shape index (κ1) is 12.8. The second-order valence-electron chi connectivity index (χ2n) is 5.24. The molecule has 0 atom stereocenters. The van der Waals surface area contributed by atoms with Crippen LogP contribution in [0.3, 0.4) is 0 Å². The third-order valence-corrected chi connectivity index (χ3v) is 3.65. The third kappa shape index (κ3) is 2.19. The Morgan fingerprint density at radius 1 is 0.950 bits per heavy atom. The summed E-state index contributed by atoms with van der Waals surface area (Å²) in [4.78, 5) is 4.54. The average molecular weight is 262 g/mol. The molecule has 2 N–H and O–H groups in total. The first-order valence-corrected chi connectivity index (χ1v) is 6.84. The number of hydrogen-bond acceptors (Lipinski definition) is 2. The van der Waals surface area contributed by atoms with E-state index < -0.39 is 0 Å². The zero-order valence-electron chi connectivity index (χ0n) is 11.9. The van der Waals surface area contributed by atoms with Crippen molar-refractivity contribution in [3.05, 3.63) is 65.5 Å². The van der Waals surface area contributed by atoms with Gasteiger partial charge in [-0.2, -0.15) is 0 Å². The van der Waals surface area contributed by atoms with Crippen LogP contribution < -0.4 is 5.73 Å². The van der Waals surface area contributed by atoms with Crippen LogP contribution in [0.5, 0.6) is 0 Å². The zero-order valence-corrected chi connectivity index (χ0v) is 11.9. The van der Waals surface area contributed by atoms with E-state index in [4.69, 9.17) is 5.73 Å². The lowest BCUT2D eigenvalue weighted by molar-refractivity contribution is 1.01. The van der Waals surface area contributed by atoms with Gasteiger partial charge in [-0.05, 0) is 24.8 Å². The van der Waals surface area contributed by atoms with Crippen LogP contribution in [0.4, 0.5) is 0 Å². The maximum atomic E-state index is 5.80. The van der Waals surface area contributed by atoms with Gasteiger partial charge in [0, 0.05) is 23.7 Å². The molecule has 0 spiro atoms. The quantitative estimate of drug-likeness (QED) is 0.758. The summed E-state index contributed by atoms with van der Waals surface area (Å²) < 4.78 is 0. The van der Waals surface area contributed by atoms with Crippen LogP contribution in [-0.2, 0) is 6.54 Å².